The average molecular weight is 786 g/mol. The molecule has 0 aromatic heterocycles. The van der Waals surface area contributed by atoms with Gasteiger partial charge in [-0.3, -0.25) is 0 Å². The summed E-state index contributed by atoms with van der Waals surface area (Å²) in [5.74, 6) is -2.01. The number of carbonyl (C=O) groups excluding carboxylic acids is 1. The first-order valence-electron chi connectivity index (χ1n) is 13.7. The van der Waals surface area contributed by atoms with Gasteiger partial charge in [-0.05, 0) is 19.6 Å². The number of nitrogens with zero attached hydrogens (tertiary/aromatic N) is 1. The molecule has 1 atom stereocenters. The van der Waals surface area contributed by atoms with Gasteiger partial charge in [-0.1, -0.05) is 0 Å². The second kappa shape index (κ2) is 19.5. The smallest absolute Gasteiger partial charge is 0.854 e. The van der Waals surface area contributed by atoms with Gasteiger partial charge in [-0.25, -0.2) is 0 Å². The van der Waals surface area contributed by atoms with Crippen LogP contribution in [0, 0.1) is 0 Å². The number of carbonyl (C=O) groups is 1. The van der Waals surface area contributed by atoms with Gasteiger partial charge in [0.1, 0.15) is 0 Å². The zero-order valence-corrected chi connectivity index (χ0v) is 30.1. The van der Waals surface area contributed by atoms with E-state index in [-0.39, 0.29) is 43.7 Å². The quantitative estimate of drug-likeness (QED) is 0.177. The van der Waals surface area contributed by atoms with Gasteiger partial charge in [0.15, 0.2) is 0 Å². The van der Waals surface area contributed by atoms with Crippen LogP contribution in [0.5, 0.6) is 0 Å². The molecule has 0 amide bonds. The number of hydrogen-bond donors (Lipinski definition) is 0. The third kappa shape index (κ3) is 10.3. The zero-order valence-electron chi connectivity index (χ0n) is 23.7. The average Bonchev–Trinajstić information content (AvgIpc) is 3.00. The molecule has 0 heterocycles. The van der Waals surface area contributed by atoms with Gasteiger partial charge in [-0.2, -0.15) is 0 Å². The van der Waals surface area contributed by atoms with Crippen LogP contribution in [0.1, 0.15) is 11.5 Å². The van der Waals surface area contributed by atoms with Crippen LogP contribution in [-0.4, -0.2) is 87.5 Å². The molecule has 0 N–H and O–H groups in total. The normalized spacial score (nSPS) is 11.7. The second-order valence-corrected chi connectivity index (χ2v) is 18.8. The Morgan fingerprint density at radius 2 is 1.07 bits per heavy atom. The Labute approximate surface area is 283 Å². The molecule has 0 aliphatic carbocycles. The summed E-state index contributed by atoms with van der Waals surface area (Å²) in [5, 5.41) is 43.9. The summed E-state index contributed by atoms with van der Waals surface area (Å²) in [6, 6.07) is 35.8. The van der Waals surface area contributed by atoms with E-state index in [1.165, 1.54) is 13.2 Å². The molecule has 0 radical (unpaired) electrons. The largest absolute Gasteiger partial charge is 4.00 e. The van der Waals surface area contributed by atoms with Crippen molar-refractivity contribution in [3.05, 3.63) is 125 Å². The van der Waals surface area contributed by atoms with Crippen molar-refractivity contribution in [3.63, 3.8) is 0 Å². The second-order valence-electron chi connectivity index (χ2n) is 9.70. The zero-order chi connectivity index (χ0) is 30.4. The van der Waals surface area contributed by atoms with Crippen molar-refractivity contribution in [1.82, 2.24) is 4.90 Å². The molecule has 0 saturated carbocycles. The Bertz CT molecular complexity index is 1260. The van der Waals surface area contributed by atoms with E-state index in [4.69, 9.17) is 23.2 Å². The molecule has 0 aliphatic rings. The summed E-state index contributed by atoms with van der Waals surface area (Å²) in [7, 11) is 0. The van der Waals surface area contributed by atoms with E-state index in [0.717, 1.165) is 0 Å². The minimum Gasteiger partial charge on any atom is -0.854 e. The number of carboxylic acid groups (broad SMARTS) is 1. The van der Waals surface area contributed by atoms with Gasteiger partial charge in [0.25, 0.3) is 0 Å². The predicted molar refractivity (Wildman–Crippen MR) is 170 cm³/mol. The fourth-order valence-corrected chi connectivity index (χ4v) is 16.2. The maximum Gasteiger partial charge on any atom is 4.00 e. The number of hydrogen-bond acceptors (Lipinski definition) is 6. The van der Waals surface area contributed by atoms with Crippen molar-refractivity contribution < 1.29 is 25.2 Å². The minimum absolute atomic E-state index is 0. The van der Waals surface area contributed by atoms with Crippen LogP contribution in [0.15, 0.2) is 109 Å². The molecule has 0 fully saturated rings. The van der Waals surface area contributed by atoms with Crippen LogP contribution in [-0.2, 0) is 4.79 Å². The van der Waals surface area contributed by atoms with Crippen LogP contribution >= 0.6 is 23.2 Å². The van der Waals surface area contributed by atoms with Crippen molar-refractivity contribution in [1.29, 1.82) is 0 Å². The van der Waals surface area contributed by atoms with Gasteiger partial charge in [0, 0.05) is 0 Å². The maximum atomic E-state index is 12.5. The molecule has 4 aromatic carbocycles. The van der Waals surface area contributed by atoms with E-state index >= 15 is 0 Å². The van der Waals surface area contributed by atoms with Crippen molar-refractivity contribution in [3.8, 4) is 0 Å². The first kappa shape index (κ1) is 37.3. The summed E-state index contributed by atoms with van der Waals surface area (Å²) >= 11 is 9.07. The number of aliphatic carboxylic acids is 1. The van der Waals surface area contributed by atoms with Crippen LogP contribution in [0.25, 0.3) is 0 Å². The monoisotopic (exact) mass is 787 g/mol. The van der Waals surface area contributed by atoms with E-state index < -0.39 is 25.2 Å². The molecular weight excluding hydrogens is 753 g/mol. The first-order chi connectivity index (χ1) is 20.4. The van der Waals surface area contributed by atoms with Crippen molar-refractivity contribution in [2.24, 2.45) is 0 Å². The molecule has 43 heavy (non-hydrogen) atoms. The number of carboxylic acids is 1. The summed E-state index contributed by atoms with van der Waals surface area (Å²) in [4.78, 5) is 14.1. The molecule has 0 aliphatic heterocycles. The van der Waals surface area contributed by atoms with Gasteiger partial charge in [-0.15, -0.1) is 19.8 Å². The summed E-state index contributed by atoms with van der Waals surface area (Å²) in [6.45, 7) is 0.263. The third-order valence-corrected chi connectivity index (χ3v) is 18.2. The van der Waals surface area contributed by atoms with E-state index in [2.05, 4.69) is 36.4 Å². The molecule has 222 valence electrons. The number of halogens is 2. The van der Waals surface area contributed by atoms with Crippen LogP contribution < -0.4 is 33.6 Å². The Morgan fingerprint density at radius 3 is 1.40 bits per heavy atom. The van der Waals surface area contributed by atoms with E-state index in [1.807, 2.05) is 54.6 Å². The fourth-order valence-electron chi connectivity index (χ4n) is 5.15. The van der Waals surface area contributed by atoms with Crippen molar-refractivity contribution >= 4 is 79.5 Å². The summed E-state index contributed by atoms with van der Waals surface area (Å²) < 4.78 is 3.55. The Hall–Kier alpha value is -1.89. The molecule has 1 unspecified atom stereocenters. The van der Waals surface area contributed by atoms with Crippen LogP contribution in [0.4, 0.5) is 0 Å². The molecule has 0 bridgehead atoms. The van der Waals surface area contributed by atoms with Crippen LogP contribution in [0.3, 0.4) is 0 Å². The van der Waals surface area contributed by atoms with E-state index in [1.54, 1.807) is 23.1 Å². The maximum absolute atomic E-state index is 12.5. The topological polar surface area (TPSA) is 113 Å². The van der Waals surface area contributed by atoms with E-state index in [0.29, 0.717) is 40.5 Å². The summed E-state index contributed by atoms with van der Waals surface area (Å²) in [6.07, 6.45) is 0. The molecule has 4 rings (SSSR count). The third-order valence-electron chi connectivity index (χ3n) is 7.16. The van der Waals surface area contributed by atoms with Gasteiger partial charge in [0.2, 0.25) is 0 Å². The van der Waals surface area contributed by atoms with Gasteiger partial charge < -0.3 is 20.2 Å². The Balaban J connectivity index is 0.000000507. The molecule has 4 aromatic rings. The Kier molecular flexibility index (Phi) is 16.9. The molecule has 10 heteroatoms. The Morgan fingerprint density at radius 1 is 0.674 bits per heavy atom. The number of benzene rings is 4. The minimum atomic E-state index is -3.50. The van der Waals surface area contributed by atoms with Crippen molar-refractivity contribution in [2.75, 3.05) is 39.5 Å². The summed E-state index contributed by atoms with van der Waals surface area (Å²) in [5.41, 5.74) is 0.536. The SMILES string of the molecule is O=C([O-])C([CH2][Ge]([c]1ccccc1)([c]1ccccc1)[c]1ccccc1)c1ccc(Cl)cc1Cl.[O-]CCN(CC[O-])CC[O-].[Sn+4]. The number of rotatable bonds is 13. The predicted octanol–water partition coefficient (Wildman–Crippen LogP) is -0.0142. The molecule has 0 spiro atoms. The first-order valence-corrected chi connectivity index (χ1v) is 19.0. The molecule has 6 nitrogen and oxygen atoms in total. The standard InChI is InChI=1S/C27H22Cl2GeO2.C6H12NO3.Sn/c28-20-16-17-24(26(29)18-20)25(27(31)32)19-30(21-10-4-1-5-11-21,22-12-6-2-7-13-22)23-14-8-3-9-15-23;8-4-1-7(2-5-9)3-6-10;/h1-18,25H,19H2,(H,31,32);1-6H2;/q;-3;+4/p-1. The van der Waals surface area contributed by atoms with Gasteiger partial charge in [0.05, 0.1) is 0 Å². The van der Waals surface area contributed by atoms with Crippen LogP contribution in [0.2, 0.25) is 15.3 Å². The van der Waals surface area contributed by atoms with Crippen molar-refractivity contribution in [2.45, 2.75) is 11.2 Å². The van der Waals surface area contributed by atoms with Gasteiger partial charge >= 0.3 is 225 Å². The van der Waals surface area contributed by atoms with E-state index in [9.17, 15) is 25.2 Å². The fraction of sp³-hybridized carbons (Fsp3) is 0.242. The molecule has 0 saturated heterocycles. The molecular formula is C33H33Cl2GeNO5Sn.